The summed E-state index contributed by atoms with van der Waals surface area (Å²) in [5.74, 6) is 2.07. The van der Waals surface area contributed by atoms with Crippen LogP contribution >= 0.6 is 11.6 Å². The maximum absolute atomic E-state index is 11.6. The van der Waals surface area contributed by atoms with E-state index in [0.29, 0.717) is 57.1 Å². The minimum atomic E-state index is -0.278. The van der Waals surface area contributed by atoms with Gasteiger partial charge in [0.1, 0.15) is 11.8 Å². The first-order valence-corrected chi connectivity index (χ1v) is 11.6. The number of rotatable bonds is 6. The fourth-order valence-corrected chi connectivity index (χ4v) is 4.43. The van der Waals surface area contributed by atoms with Gasteiger partial charge in [-0.25, -0.2) is 19.9 Å². The second-order valence-corrected chi connectivity index (χ2v) is 8.88. The van der Waals surface area contributed by atoms with Crippen molar-refractivity contribution in [3.63, 3.8) is 0 Å². The number of nitrogens with zero attached hydrogens (tertiary/aromatic N) is 6. The fourth-order valence-electron chi connectivity index (χ4n) is 4.18. The molecule has 176 valence electrons. The van der Waals surface area contributed by atoms with Crippen molar-refractivity contribution in [1.29, 1.82) is 0 Å². The number of imidazole rings is 1. The van der Waals surface area contributed by atoms with Crippen LogP contribution < -0.4 is 10.1 Å². The smallest absolute Gasteiger partial charge is 0.226 e. The number of hydrogen-bond donors (Lipinski definition) is 2. The number of piperidine rings is 1. The second kappa shape index (κ2) is 9.38. The molecule has 0 aliphatic carbocycles. The molecule has 3 aromatic heterocycles. The molecular formula is C23H25ClN8O2. The van der Waals surface area contributed by atoms with Crippen molar-refractivity contribution in [2.24, 2.45) is 5.92 Å². The van der Waals surface area contributed by atoms with Crippen LogP contribution in [-0.4, -0.2) is 60.4 Å². The van der Waals surface area contributed by atoms with Gasteiger partial charge in [-0.2, -0.15) is 4.98 Å². The number of aromatic nitrogens is 6. The molecule has 34 heavy (non-hydrogen) atoms. The molecular weight excluding hydrogens is 456 g/mol. The number of anilines is 1. The van der Waals surface area contributed by atoms with Gasteiger partial charge in [-0.15, -0.1) is 0 Å². The molecule has 0 saturated carbocycles. The number of ether oxygens (including phenoxy) is 1. The fraction of sp³-hybridized carbons (Fsp3) is 0.391. The summed E-state index contributed by atoms with van der Waals surface area (Å²) in [7, 11) is 0. The molecule has 1 saturated heterocycles. The van der Waals surface area contributed by atoms with Gasteiger partial charge in [0.15, 0.2) is 17.3 Å². The van der Waals surface area contributed by atoms with Crippen LogP contribution in [0, 0.1) is 5.92 Å². The van der Waals surface area contributed by atoms with Crippen molar-refractivity contribution in [3.05, 3.63) is 41.7 Å². The van der Waals surface area contributed by atoms with Crippen LogP contribution in [0.3, 0.4) is 0 Å². The largest absolute Gasteiger partial charge is 0.477 e. The van der Waals surface area contributed by atoms with Gasteiger partial charge in [-0.05, 0) is 37.8 Å². The Kier molecular flexibility index (Phi) is 6.14. The van der Waals surface area contributed by atoms with Gasteiger partial charge in [0.25, 0.3) is 0 Å². The van der Waals surface area contributed by atoms with Crippen LogP contribution in [0.2, 0.25) is 5.02 Å². The Morgan fingerprint density at radius 3 is 2.88 bits per heavy atom. The van der Waals surface area contributed by atoms with Gasteiger partial charge < -0.3 is 19.9 Å². The van der Waals surface area contributed by atoms with E-state index in [1.807, 2.05) is 30.0 Å². The van der Waals surface area contributed by atoms with E-state index in [4.69, 9.17) is 26.3 Å². The minimum Gasteiger partial charge on any atom is -0.477 e. The van der Waals surface area contributed by atoms with E-state index in [0.717, 1.165) is 25.9 Å². The first-order chi connectivity index (χ1) is 16.5. The SMILES string of the molecule is CC(=O)N1CCC(COc2nc(C(C)Nc3ncnc4[nH]cnc34)nc3cccc(Cl)c23)CC1. The van der Waals surface area contributed by atoms with Gasteiger partial charge in [0, 0.05) is 20.0 Å². The summed E-state index contributed by atoms with van der Waals surface area (Å²) in [4.78, 5) is 38.7. The Morgan fingerprint density at radius 2 is 2.09 bits per heavy atom. The zero-order chi connectivity index (χ0) is 23.7. The molecule has 0 spiro atoms. The number of aromatic amines is 1. The summed E-state index contributed by atoms with van der Waals surface area (Å²) in [6.07, 6.45) is 4.85. The Balaban J connectivity index is 1.39. The lowest BCUT2D eigenvalue weighted by Crippen LogP contribution is -2.38. The van der Waals surface area contributed by atoms with Gasteiger partial charge in [0.05, 0.1) is 34.9 Å². The number of hydrogen-bond acceptors (Lipinski definition) is 8. The maximum atomic E-state index is 11.6. The topological polar surface area (TPSA) is 122 Å². The maximum Gasteiger partial charge on any atom is 0.226 e. The zero-order valence-electron chi connectivity index (χ0n) is 19.0. The molecule has 1 fully saturated rings. The van der Waals surface area contributed by atoms with E-state index in [9.17, 15) is 4.79 Å². The Bertz CT molecular complexity index is 1340. The van der Waals surface area contributed by atoms with Crippen molar-refractivity contribution in [3.8, 4) is 5.88 Å². The van der Waals surface area contributed by atoms with E-state index in [-0.39, 0.29) is 11.9 Å². The predicted octanol–water partition coefficient (Wildman–Crippen LogP) is 3.76. The van der Waals surface area contributed by atoms with Crippen LogP contribution in [0.5, 0.6) is 5.88 Å². The van der Waals surface area contributed by atoms with E-state index >= 15 is 0 Å². The molecule has 0 bridgehead atoms. The molecule has 1 aliphatic rings. The number of likely N-dealkylation sites (tertiary alicyclic amines) is 1. The Morgan fingerprint density at radius 1 is 1.26 bits per heavy atom. The van der Waals surface area contributed by atoms with E-state index in [1.54, 1.807) is 13.3 Å². The molecule has 2 N–H and O–H groups in total. The molecule has 1 aromatic carbocycles. The first-order valence-electron chi connectivity index (χ1n) is 11.2. The normalized spacial score (nSPS) is 15.6. The summed E-state index contributed by atoms with van der Waals surface area (Å²) >= 11 is 6.50. The minimum absolute atomic E-state index is 0.120. The molecule has 10 nitrogen and oxygen atoms in total. The lowest BCUT2D eigenvalue weighted by atomic mass is 9.98. The average molecular weight is 481 g/mol. The summed E-state index contributed by atoms with van der Waals surface area (Å²) < 4.78 is 6.22. The highest BCUT2D eigenvalue weighted by molar-refractivity contribution is 6.35. The highest BCUT2D eigenvalue weighted by Crippen LogP contribution is 2.32. The van der Waals surface area contributed by atoms with Gasteiger partial charge in [-0.3, -0.25) is 4.79 Å². The molecule has 1 amide bonds. The third-order valence-corrected chi connectivity index (χ3v) is 6.44. The summed E-state index contributed by atoms with van der Waals surface area (Å²) in [6, 6.07) is 5.29. The highest BCUT2D eigenvalue weighted by Gasteiger charge is 2.23. The monoisotopic (exact) mass is 480 g/mol. The molecule has 1 aliphatic heterocycles. The number of halogens is 1. The summed E-state index contributed by atoms with van der Waals surface area (Å²) in [6.45, 7) is 5.57. The lowest BCUT2D eigenvalue weighted by Gasteiger charge is -2.31. The Labute approximate surface area is 201 Å². The Hall–Kier alpha value is -3.53. The molecule has 1 unspecified atom stereocenters. The predicted molar refractivity (Wildman–Crippen MR) is 129 cm³/mol. The quantitative estimate of drug-likeness (QED) is 0.427. The van der Waals surface area contributed by atoms with Crippen molar-refractivity contribution in [2.75, 3.05) is 25.0 Å². The van der Waals surface area contributed by atoms with E-state index < -0.39 is 0 Å². The van der Waals surface area contributed by atoms with Crippen molar-refractivity contribution in [2.45, 2.75) is 32.7 Å². The van der Waals surface area contributed by atoms with Crippen molar-refractivity contribution < 1.29 is 9.53 Å². The van der Waals surface area contributed by atoms with Crippen LogP contribution in [0.1, 0.15) is 38.6 Å². The van der Waals surface area contributed by atoms with Crippen molar-refractivity contribution in [1.82, 2.24) is 34.8 Å². The van der Waals surface area contributed by atoms with Gasteiger partial charge >= 0.3 is 0 Å². The third kappa shape index (κ3) is 4.45. The van der Waals surface area contributed by atoms with Crippen LogP contribution in [0.25, 0.3) is 22.1 Å². The number of benzene rings is 1. The zero-order valence-corrected chi connectivity index (χ0v) is 19.7. The standard InChI is InChI=1S/C23H25ClN8O2/c1-13(29-22-19-21(26-11-25-19)27-12-28-22)20-30-17-5-3-4-16(24)18(17)23(31-20)34-10-15-6-8-32(9-7-15)14(2)33/h3-5,11-13,15H,6-10H2,1-2H3,(H2,25,26,27,28,29). The summed E-state index contributed by atoms with van der Waals surface area (Å²) in [5, 5.41) is 4.56. The number of carbonyl (C=O) groups excluding carboxylic acids is 1. The number of fused-ring (bicyclic) bond motifs is 2. The first kappa shape index (κ1) is 22.3. The number of H-pyrrole nitrogens is 1. The summed E-state index contributed by atoms with van der Waals surface area (Å²) in [5.41, 5.74) is 2.00. The van der Waals surface area contributed by atoms with E-state index in [1.165, 1.54) is 6.33 Å². The lowest BCUT2D eigenvalue weighted by molar-refractivity contribution is -0.130. The molecule has 4 aromatic rings. The number of nitrogens with one attached hydrogen (secondary N) is 2. The second-order valence-electron chi connectivity index (χ2n) is 8.47. The van der Waals surface area contributed by atoms with E-state index in [2.05, 4.69) is 25.3 Å². The van der Waals surface area contributed by atoms with Crippen LogP contribution in [0.4, 0.5) is 5.82 Å². The molecule has 1 atom stereocenters. The van der Waals surface area contributed by atoms with Crippen LogP contribution in [0.15, 0.2) is 30.9 Å². The average Bonchev–Trinajstić information content (AvgIpc) is 3.33. The molecule has 5 rings (SSSR count). The van der Waals surface area contributed by atoms with Gasteiger partial charge in [0.2, 0.25) is 11.8 Å². The van der Waals surface area contributed by atoms with Gasteiger partial charge in [-0.1, -0.05) is 17.7 Å². The molecule has 4 heterocycles. The third-order valence-electron chi connectivity index (χ3n) is 6.13. The molecule has 11 heteroatoms. The highest BCUT2D eigenvalue weighted by atomic mass is 35.5. The van der Waals surface area contributed by atoms with Crippen LogP contribution in [-0.2, 0) is 4.79 Å². The number of carbonyl (C=O) groups is 1. The van der Waals surface area contributed by atoms with Crippen molar-refractivity contribution >= 4 is 45.4 Å². The molecule has 0 radical (unpaired) electrons. The number of amides is 1.